The quantitative estimate of drug-likeness (QED) is 0.340. The molecule has 1 heterocycles. The smallest absolute Gasteiger partial charge is 0.335 e. The fourth-order valence-electron chi connectivity index (χ4n) is 2.87. The van der Waals surface area contributed by atoms with Crippen LogP contribution in [0, 0.1) is 10.1 Å². The molecule has 30 heavy (non-hydrogen) atoms. The summed E-state index contributed by atoms with van der Waals surface area (Å²) >= 11 is 0. The van der Waals surface area contributed by atoms with Crippen molar-refractivity contribution in [1.29, 1.82) is 0 Å². The standard InChI is InChI=1S/C21H17N3O6/c1-30-16-10-6-9-15(13-16)23-20(26)17(19(25)22-21(23)27)11-4-2-7-14-8-3-5-12-18(14)24(28)29/h2-3,5-13H,4H2,1H3,(H,22,25,27). The number of amides is 4. The second-order valence-corrected chi connectivity index (χ2v) is 6.17. The fourth-order valence-corrected chi connectivity index (χ4v) is 2.87. The van der Waals surface area contributed by atoms with Crippen molar-refractivity contribution in [1.82, 2.24) is 5.32 Å². The molecule has 0 saturated carbocycles. The van der Waals surface area contributed by atoms with Gasteiger partial charge in [-0.1, -0.05) is 36.4 Å². The second kappa shape index (κ2) is 8.82. The molecule has 0 aromatic heterocycles. The third-order valence-electron chi connectivity index (χ3n) is 4.30. The van der Waals surface area contributed by atoms with E-state index in [4.69, 9.17) is 4.74 Å². The molecule has 0 aliphatic carbocycles. The van der Waals surface area contributed by atoms with Crippen molar-refractivity contribution in [2.24, 2.45) is 0 Å². The van der Waals surface area contributed by atoms with E-state index in [0.717, 1.165) is 4.90 Å². The summed E-state index contributed by atoms with van der Waals surface area (Å²) in [6.07, 6.45) is 4.64. The topological polar surface area (TPSA) is 119 Å². The maximum Gasteiger partial charge on any atom is 0.335 e. The molecule has 3 rings (SSSR count). The lowest BCUT2D eigenvalue weighted by molar-refractivity contribution is -0.385. The molecule has 0 spiro atoms. The number of nitrogens with one attached hydrogen (secondary N) is 1. The van der Waals surface area contributed by atoms with Crippen molar-refractivity contribution in [3.05, 3.63) is 81.9 Å². The normalized spacial score (nSPS) is 15.6. The number of para-hydroxylation sites is 1. The van der Waals surface area contributed by atoms with Crippen LogP contribution in [-0.4, -0.2) is 29.9 Å². The lowest BCUT2D eigenvalue weighted by Gasteiger charge is -2.26. The number of nitro benzene ring substituents is 1. The third-order valence-corrected chi connectivity index (χ3v) is 4.30. The van der Waals surface area contributed by atoms with Crippen molar-refractivity contribution >= 4 is 35.3 Å². The van der Waals surface area contributed by atoms with Crippen LogP contribution in [0.2, 0.25) is 0 Å². The molecule has 2 aromatic rings. The van der Waals surface area contributed by atoms with Gasteiger partial charge in [0.25, 0.3) is 17.5 Å². The second-order valence-electron chi connectivity index (χ2n) is 6.17. The number of ether oxygens (including phenoxy) is 1. The summed E-state index contributed by atoms with van der Waals surface area (Å²) in [6.45, 7) is 0. The number of allylic oxidation sites excluding steroid dienone is 2. The van der Waals surface area contributed by atoms with Gasteiger partial charge in [0.05, 0.1) is 23.3 Å². The Labute approximate surface area is 171 Å². The fraction of sp³-hybridized carbons (Fsp3) is 0.0952. The predicted octanol–water partition coefficient (Wildman–Crippen LogP) is 3.22. The van der Waals surface area contributed by atoms with Crippen LogP contribution in [0.25, 0.3) is 6.08 Å². The number of nitrogens with zero attached hydrogens (tertiary/aromatic N) is 2. The molecule has 0 radical (unpaired) electrons. The van der Waals surface area contributed by atoms with E-state index in [1.54, 1.807) is 42.5 Å². The van der Waals surface area contributed by atoms with E-state index in [2.05, 4.69) is 5.32 Å². The van der Waals surface area contributed by atoms with Gasteiger partial charge < -0.3 is 4.74 Å². The van der Waals surface area contributed by atoms with Crippen molar-refractivity contribution in [3.8, 4) is 5.75 Å². The van der Waals surface area contributed by atoms with E-state index in [1.807, 2.05) is 0 Å². The Bertz CT molecular complexity index is 1090. The zero-order valence-corrected chi connectivity index (χ0v) is 15.9. The molecule has 0 bridgehead atoms. The Balaban J connectivity index is 1.82. The number of nitro groups is 1. The number of anilines is 1. The van der Waals surface area contributed by atoms with E-state index in [1.165, 1.54) is 31.4 Å². The van der Waals surface area contributed by atoms with Gasteiger partial charge in [0.1, 0.15) is 11.3 Å². The number of rotatable bonds is 6. The molecule has 1 saturated heterocycles. The van der Waals surface area contributed by atoms with Gasteiger partial charge in [0.2, 0.25) is 0 Å². The number of benzene rings is 2. The number of barbiturate groups is 1. The van der Waals surface area contributed by atoms with Crippen molar-refractivity contribution in [3.63, 3.8) is 0 Å². The number of urea groups is 1. The molecule has 1 aliphatic heterocycles. The molecule has 152 valence electrons. The van der Waals surface area contributed by atoms with Gasteiger partial charge in [-0.05, 0) is 24.6 Å². The average molecular weight is 407 g/mol. The highest BCUT2D eigenvalue weighted by atomic mass is 16.6. The lowest BCUT2D eigenvalue weighted by atomic mass is 10.1. The zero-order valence-electron chi connectivity index (χ0n) is 15.9. The van der Waals surface area contributed by atoms with E-state index in [0.29, 0.717) is 11.3 Å². The van der Waals surface area contributed by atoms with Gasteiger partial charge in [0.15, 0.2) is 0 Å². The maximum atomic E-state index is 12.8. The molecule has 0 unspecified atom stereocenters. The van der Waals surface area contributed by atoms with Gasteiger partial charge in [-0.25, -0.2) is 9.69 Å². The summed E-state index contributed by atoms with van der Waals surface area (Å²) in [5, 5.41) is 13.2. The Morgan fingerprint density at radius 1 is 1.13 bits per heavy atom. The van der Waals surface area contributed by atoms with E-state index in [9.17, 15) is 24.5 Å². The first-order valence-electron chi connectivity index (χ1n) is 8.86. The van der Waals surface area contributed by atoms with Crippen LogP contribution in [0.15, 0.2) is 66.3 Å². The molecule has 2 aromatic carbocycles. The van der Waals surface area contributed by atoms with Crippen LogP contribution in [0.1, 0.15) is 12.0 Å². The Kier molecular flexibility index (Phi) is 6.02. The number of carbonyl (C=O) groups excluding carboxylic acids is 3. The van der Waals surface area contributed by atoms with Gasteiger partial charge >= 0.3 is 6.03 Å². The number of hydrogen-bond acceptors (Lipinski definition) is 6. The van der Waals surface area contributed by atoms with Crippen LogP contribution in [0.3, 0.4) is 0 Å². The minimum atomic E-state index is -0.856. The Morgan fingerprint density at radius 3 is 2.63 bits per heavy atom. The van der Waals surface area contributed by atoms with Crippen LogP contribution in [0.5, 0.6) is 5.75 Å². The van der Waals surface area contributed by atoms with Gasteiger partial charge in [-0.15, -0.1) is 0 Å². The molecule has 4 amide bonds. The summed E-state index contributed by atoms with van der Waals surface area (Å²) < 4.78 is 5.10. The Morgan fingerprint density at radius 2 is 1.90 bits per heavy atom. The van der Waals surface area contributed by atoms with Crippen LogP contribution in [-0.2, 0) is 9.59 Å². The summed E-state index contributed by atoms with van der Waals surface area (Å²) in [7, 11) is 1.45. The molecule has 1 fully saturated rings. The third kappa shape index (κ3) is 4.25. The highest BCUT2D eigenvalue weighted by molar-refractivity contribution is 6.37. The van der Waals surface area contributed by atoms with Gasteiger partial charge in [0, 0.05) is 12.1 Å². The maximum absolute atomic E-state index is 12.8. The molecule has 1 aliphatic rings. The Hall–Kier alpha value is -4.27. The number of imide groups is 2. The average Bonchev–Trinajstić information content (AvgIpc) is 2.73. The summed E-state index contributed by atoms with van der Waals surface area (Å²) in [6, 6.07) is 11.7. The first-order valence-corrected chi connectivity index (χ1v) is 8.86. The SMILES string of the molecule is COc1cccc(N2C(=O)NC(=O)C(=CCC=Cc3ccccc3[N+](=O)[O-])C2=O)c1. The van der Waals surface area contributed by atoms with E-state index in [-0.39, 0.29) is 23.4 Å². The first-order chi connectivity index (χ1) is 14.4. The van der Waals surface area contributed by atoms with E-state index >= 15 is 0 Å². The van der Waals surface area contributed by atoms with Gasteiger partial charge in [-0.3, -0.25) is 25.0 Å². The van der Waals surface area contributed by atoms with Crippen molar-refractivity contribution in [2.75, 3.05) is 12.0 Å². The highest BCUT2D eigenvalue weighted by Crippen LogP contribution is 2.25. The van der Waals surface area contributed by atoms with Gasteiger partial charge in [-0.2, -0.15) is 0 Å². The minimum Gasteiger partial charge on any atom is -0.497 e. The molecular weight excluding hydrogens is 390 g/mol. The van der Waals surface area contributed by atoms with Crippen molar-refractivity contribution < 1.29 is 24.0 Å². The zero-order chi connectivity index (χ0) is 21.7. The summed E-state index contributed by atoms with van der Waals surface area (Å²) in [4.78, 5) is 48.5. The predicted molar refractivity (Wildman–Crippen MR) is 109 cm³/mol. The number of methoxy groups -OCH3 is 1. The summed E-state index contributed by atoms with van der Waals surface area (Å²) in [5.74, 6) is -1.12. The minimum absolute atomic E-state index is 0.0531. The highest BCUT2D eigenvalue weighted by Gasteiger charge is 2.36. The van der Waals surface area contributed by atoms with Crippen LogP contribution < -0.4 is 15.0 Å². The first kappa shape index (κ1) is 20.5. The molecule has 9 nitrogen and oxygen atoms in total. The molecular formula is C21H17N3O6. The number of carbonyl (C=O) groups is 3. The van der Waals surface area contributed by atoms with Crippen LogP contribution >= 0.6 is 0 Å². The molecule has 0 atom stereocenters. The van der Waals surface area contributed by atoms with Crippen molar-refractivity contribution in [2.45, 2.75) is 6.42 Å². The van der Waals surface area contributed by atoms with Crippen LogP contribution in [0.4, 0.5) is 16.2 Å². The largest absolute Gasteiger partial charge is 0.497 e. The molecule has 9 heteroatoms. The van der Waals surface area contributed by atoms with E-state index < -0.39 is 22.8 Å². The number of hydrogen-bond donors (Lipinski definition) is 1. The monoisotopic (exact) mass is 407 g/mol. The lowest BCUT2D eigenvalue weighted by Crippen LogP contribution is -2.54. The summed E-state index contributed by atoms with van der Waals surface area (Å²) in [5.41, 5.74) is 0.395. The molecule has 1 N–H and O–H groups in total.